The Bertz CT molecular complexity index is 433. The molecule has 4 atom stereocenters. The predicted octanol–water partition coefficient (Wildman–Crippen LogP) is 1.02. The minimum absolute atomic E-state index is 0.0540. The van der Waals surface area contributed by atoms with Gasteiger partial charge in [0.2, 0.25) is 0 Å². The highest BCUT2D eigenvalue weighted by atomic mass is 16.6. The summed E-state index contributed by atoms with van der Waals surface area (Å²) in [5.41, 5.74) is 0.903. The average Bonchev–Trinajstić information content (AvgIpc) is 2.74. The normalized spacial score (nSPS) is 29.4. The number of hydrogen-bond donors (Lipinski definition) is 2. The van der Waals surface area contributed by atoms with Crippen molar-refractivity contribution in [2.45, 2.75) is 50.8 Å². The number of ether oxygens (including phenoxy) is 2. The first-order valence-corrected chi connectivity index (χ1v) is 6.83. The summed E-state index contributed by atoms with van der Waals surface area (Å²) in [5.74, 6) is -0.443. The van der Waals surface area contributed by atoms with E-state index in [1.54, 1.807) is 0 Å². The van der Waals surface area contributed by atoms with Crippen LogP contribution in [0.15, 0.2) is 30.3 Å². The first-order valence-electron chi connectivity index (χ1n) is 6.83. The van der Waals surface area contributed by atoms with Crippen molar-refractivity contribution < 1.29 is 24.5 Å². The van der Waals surface area contributed by atoms with E-state index in [1.807, 2.05) is 37.3 Å². The van der Waals surface area contributed by atoms with Crippen LogP contribution in [0.3, 0.4) is 0 Å². The molecule has 2 rings (SSSR count). The fourth-order valence-electron chi connectivity index (χ4n) is 2.29. The zero-order valence-corrected chi connectivity index (χ0v) is 11.4. The summed E-state index contributed by atoms with van der Waals surface area (Å²) < 4.78 is 10.6. The molecule has 5 heteroatoms. The highest BCUT2D eigenvalue weighted by Gasteiger charge is 2.42. The van der Waals surface area contributed by atoms with E-state index in [0.717, 1.165) is 5.56 Å². The van der Waals surface area contributed by atoms with Crippen molar-refractivity contribution in [2.24, 2.45) is 0 Å². The number of hydrogen-bond acceptors (Lipinski definition) is 5. The van der Waals surface area contributed by atoms with E-state index in [-0.39, 0.29) is 13.0 Å². The lowest BCUT2D eigenvalue weighted by molar-refractivity contribution is -0.149. The Hall–Kier alpha value is -1.43. The van der Waals surface area contributed by atoms with Crippen molar-refractivity contribution in [1.82, 2.24) is 0 Å². The number of rotatable bonds is 5. The van der Waals surface area contributed by atoms with Crippen molar-refractivity contribution in [3.05, 3.63) is 35.9 Å². The Morgan fingerprint density at radius 2 is 1.85 bits per heavy atom. The Morgan fingerprint density at radius 1 is 1.20 bits per heavy atom. The molecule has 1 fully saturated rings. The van der Waals surface area contributed by atoms with Crippen molar-refractivity contribution in [3.63, 3.8) is 0 Å². The molecule has 110 valence electrons. The highest BCUT2D eigenvalue weighted by Crippen LogP contribution is 2.25. The average molecular weight is 280 g/mol. The van der Waals surface area contributed by atoms with Gasteiger partial charge in [-0.25, -0.2) is 0 Å². The third kappa shape index (κ3) is 3.56. The van der Waals surface area contributed by atoms with E-state index < -0.39 is 30.4 Å². The van der Waals surface area contributed by atoms with Crippen LogP contribution >= 0.6 is 0 Å². The maximum atomic E-state index is 11.7. The molecule has 1 aromatic rings. The van der Waals surface area contributed by atoms with Crippen molar-refractivity contribution in [3.8, 4) is 0 Å². The van der Waals surface area contributed by atoms with Gasteiger partial charge in [-0.05, 0) is 12.0 Å². The van der Waals surface area contributed by atoms with Gasteiger partial charge in [0.05, 0.1) is 18.6 Å². The summed E-state index contributed by atoms with van der Waals surface area (Å²) in [6.45, 7) is 2.05. The fourth-order valence-corrected chi connectivity index (χ4v) is 2.29. The lowest BCUT2D eigenvalue weighted by Gasteiger charge is -2.13. The number of carbonyl (C=O) groups excluding carboxylic acids is 1. The Balaban J connectivity index is 1.80. The van der Waals surface area contributed by atoms with E-state index >= 15 is 0 Å². The van der Waals surface area contributed by atoms with E-state index in [1.165, 1.54) is 0 Å². The van der Waals surface area contributed by atoms with Gasteiger partial charge in [0.25, 0.3) is 0 Å². The second-order valence-electron chi connectivity index (χ2n) is 4.95. The van der Waals surface area contributed by atoms with Crippen LogP contribution in [0.2, 0.25) is 0 Å². The number of benzene rings is 1. The zero-order chi connectivity index (χ0) is 14.5. The minimum atomic E-state index is -1.04. The molecule has 1 aliphatic heterocycles. The van der Waals surface area contributed by atoms with E-state index in [0.29, 0.717) is 6.42 Å². The summed E-state index contributed by atoms with van der Waals surface area (Å²) in [4.78, 5) is 11.7. The summed E-state index contributed by atoms with van der Waals surface area (Å²) in [6.07, 6.45) is -2.55. The van der Waals surface area contributed by atoms with Gasteiger partial charge in [0.15, 0.2) is 0 Å². The first kappa shape index (κ1) is 15.0. The second kappa shape index (κ2) is 6.83. The Kier molecular flexibility index (Phi) is 5.11. The maximum absolute atomic E-state index is 11.7. The van der Waals surface area contributed by atoms with Crippen molar-refractivity contribution >= 4 is 5.97 Å². The van der Waals surface area contributed by atoms with E-state index in [2.05, 4.69) is 0 Å². The molecule has 0 radical (unpaired) electrons. The van der Waals surface area contributed by atoms with Crippen LogP contribution in [0, 0.1) is 0 Å². The molecule has 1 aromatic carbocycles. The molecule has 2 N–H and O–H groups in total. The molecule has 20 heavy (non-hydrogen) atoms. The lowest BCUT2D eigenvalue weighted by atomic mass is 10.0. The first-order chi connectivity index (χ1) is 9.61. The molecule has 1 unspecified atom stereocenters. The van der Waals surface area contributed by atoms with Gasteiger partial charge in [-0.1, -0.05) is 37.3 Å². The van der Waals surface area contributed by atoms with Gasteiger partial charge in [-0.2, -0.15) is 0 Å². The monoisotopic (exact) mass is 280 g/mol. The molecule has 0 aliphatic carbocycles. The zero-order valence-electron chi connectivity index (χ0n) is 11.4. The molecule has 5 nitrogen and oxygen atoms in total. The van der Waals surface area contributed by atoms with Crippen LogP contribution in [-0.4, -0.2) is 40.6 Å². The van der Waals surface area contributed by atoms with Gasteiger partial charge < -0.3 is 19.7 Å². The number of carbonyl (C=O) groups is 1. The number of esters is 1. The summed E-state index contributed by atoms with van der Waals surface area (Å²) >= 11 is 0. The van der Waals surface area contributed by atoms with Crippen molar-refractivity contribution in [2.75, 3.05) is 0 Å². The summed E-state index contributed by atoms with van der Waals surface area (Å²) in [7, 11) is 0. The molecule has 0 aromatic heterocycles. The van der Waals surface area contributed by atoms with Crippen LogP contribution in [0.4, 0.5) is 0 Å². The van der Waals surface area contributed by atoms with Gasteiger partial charge in [-0.3, -0.25) is 4.79 Å². The quantitative estimate of drug-likeness (QED) is 0.788. The summed E-state index contributed by atoms with van der Waals surface area (Å²) in [5, 5.41) is 19.5. The van der Waals surface area contributed by atoms with Gasteiger partial charge in [0.1, 0.15) is 18.8 Å². The molecule has 0 saturated carbocycles. The van der Waals surface area contributed by atoms with Gasteiger partial charge in [0, 0.05) is 0 Å². The number of aliphatic hydroxyl groups excluding tert-OH is 2. The number of aliphatic hydroxyl groups is 2. The highest BCUT2D eigenvalue weighted by molar-refractivity contribution is 5.70. The maximum Gasteiger partial charge on any atom is 0.308 e. The van der Waals surface area contributed by atoms with Gasteiger partial charge in [-0.15, -0.1) is 0 Å². The van der Waals surface area contributed by atoms with Crippen LogP contribution in [-0.2, 0) is 20.9 Å². The third-order valence-electron chi connectivity index (χ3n) is 3.47. The van der Waals surface area contributed by atoms with Crippen LogP contribution < -0.4 is 0 Å². The molecule has 1 saturated heterocycles. The molecule has 0 spiro atoms. The predicted molar refractivity (Wildman–Crippen MR) is 71.8 cm³/mol. The molecular formula is C15H20O5. The molecule has 1 heterocycles. The fraction of sp³-hybridized carbons (Fsp3) is 0.533. The van der Waals surface area contributed by atoms with Crippen molar-refractivity contribution in [1.29, 1.82) is 0 Å². The Morgan fingerprint density at radius 3 is 2.45 bits per heavy atom. The van der Waals surface area contributed by atoms with Crippen LogP contribution in [0.1, 0.15) is 25.3 Å². The lowest BCUT2D eigenvalue weighted by Crippen LogP contribution is -2.33. The van der Waals surface area contributed by atoms with Crippen LogP contribution in [0.25, 0.3) is 0 Å². The molecular weight excluding hydrogens is 260 g/mol. The van der Waals surface area contributed by atoms with Crippen LogP contribution in [0.5, 0.6) is 0 Å². The minimum Gasteiger partial charge on any atom is -0.461 e. The molecule has 0 bridgehead atoms. The largest absolute Gasteiger partial charge is 0.461 e. The topological polar surface area (TPSA) is 76.0 Å². The third-order valence-corrected chi connectivity index (χ3v) is 3.47. The molecule has 1 aliphatic rings. The smallest absolute Gasteiger partial charge is 0.308 e. The summed E-state index contributed by atoms with van der Waals surface area (Å²) in [6, 6.07) is 9.36. The molecule has 0 amide bonds. The standard InChI is InChI=1S/C15H20O5/c1-2-11-14(17)15(18)12(20-11)8-13(16)19-9-10-6-4-3-5-7-10/h3-7,11-12,14-15,17-18H,2,8-9H2,1H3/t11?,12-,14+,15-/m1/s1. The van der Waals surface area contributed by atoms with E-state index in [4.69, 9.17) is 9.47 Å². The van der Waals surface area contributed by atoms with Gasteiger partial charge >= 0.3 is 5.97 Å². The second-order valence-corrected chi connectivity index (χ2v) is 4.95. The SMILES string of the molecule is CCC1O[C@H](CC(=O)OCc2ccccc2)[C@@H](O)[C@H]1O. The Labute approximate surface area is 118 Å². The van der Waals surface area contributed by atoms with E-state index in [9.17, 15) is 15.0 Å².